The molecule has 2 fully saturated rings. The first-order chi connectivity index (χ1) is 14.3. The highest BCUT2D eigenvalue weighted by Gasteiger charge is 2.25. The molecule has 8 nitrogen and oxygen atoms in total. The van der Waals surface area contributed by atoms with Crippen LogP contribution in [0.4, 0.5) is 4.79 Å². The first-order valence-corrected chi connectivity index (χ1v) is 10.9. The second kappa shape index (κ2) is 10.0. The number of aromatic nitrogens is 1. The molecule has 1 amide bonds. The van der Waals surface area contributed by atoms with Crippen LogP contribution < -0.4 is 16.3 Å². The molecule has 2 heterocycles. The van der Waals surface area contributed by atoms with Gasteiger partial charge in [0.05, 0.1) is 28.9 Å². The molecule has 0 radical (unpaired) electrons. The Bertz CT molecular complexity index is 774. The maximum absolute atomic E-state index is 12.3. The van der Waals surface area contributed by atoms with E-state index in [-0.39, 0.29) is 18.8 Å². The predicted molar refractivity (Wildman–Crippen MR) is 116 cm³/mol. The van der Waals surface area contributed by atoms with Gasteiger partial charge in [-0.15, -0.1) is 0 Å². The molecule has 0 aromatic carbocycles. The Balaban J connectivity index is 1.69. The van der Waals surface area contributed by atoms with Gasteiger partial charge < -0.3 is 25.1 Å². The summed E-state index contributed by atoms with van der Waals surface area (Å²) in [4.78, 5) is 18.6. The standard InChI is InChI=1S/C22H35N5O3/c1-15-11-12-27(13-15)22(28)29-14-19(26(3)24)21(23)18-9-10-20(16(2)25-18)30-17-7-5-4-6-8-17/h9-10,15,17H,4-8,11-14,23-24H2,1-3H3/b21-19-. The number of ether oxygens (including phenoxy) is 2. The third-order valence-corrected chi connectivity index (χ3v) is 5.91. The number of hydrogen-bond donors (Lipinski definition) is 2. The fourth-order valence-corrected chi connectivity index (χ4v) is 4.02. The number of likely N-dealkylation sites (N-methyl/N-ethyl adjacent to an activating group) is 1. The molecule has 1 aliphatic carbocycles. The minimum atomic E-state index is -0.341. The highest BCUT2D eigenvalue weighted by atomic mass is 16.6. The molecule has 1 atom stereocenters. The quantitative estimate of drug-likeness (QED) is 0.541. The van der Waals surface area contributed by atoms with E-state index >= 15 is 0 Å². The van der Waals surface area contributed by atoms with Crippen LogP contribution in [0.5, 0.6) is 5.75 Å². The zero-order valence-corrected chi connectivity index (χ0v) is 18.4. The number of rotatable bonds is 6. The summed E-state index contributed by atoms with van der Waals surface area (Å²) in [7, 11) is 1.67. The number of carbonyl (C=O) groups is 1. The zero-order valence-electron chi connectivity index (χ0n) is 18.4. The van der Waals surface area contributed by atoms with E-state index in [4.69, 9.17) is 21.1 Å². The van der Waals surface area contributed by atoms with E-state index in [9.17, 15) is 4.79 Å². The van der Waals surface area contributed by atoms with Crippen LogP contribution in [0.1, 0.15) is 56.8 Å². The van der Waals surface area contributed by atoms with Gasteiger partial charge in [-0.2, -0.15) is 0 Å². The Kier molecular flexibility index (Phi) is 7.42. The van der Waals surface area contributed by atoms with E-state index < -0.39 is 0 Å². The normalized spacial score (nSPS) is 20.7. The summed E-state index contributed by atoms with van der Waals surface area (Å²) in [5, 5.41) is 1.37. The number of hydrogen-bond acceptors (Lipinski definition) is 7. The van der Waals surface area contributed by atoms with Crippen molar-refractivity contribution in [3.8, 4) is 5.75 Å². The lowest BCUT2D eigenvalue weighted by Crippen LogP contribution is -2.34. The highest BCUT2D eigenvalue weighted by Crippen LogP contribution is 2.26. The Labute approximate surface area is 179 Å². The molecule has 1 aromatic rings. The second-order valence-corrected chi connectivity index (χ2v) is 8.52. The molecule has 0 spiro atoms. The van der Waals surface area contributed by atoms with Crippen LogP contribution in [0.2, 0.25) is 0 Å². The minimum Gasteiger partial charge on any atom is -0.489 e. The number of nitrogens with two attached hydrogens (primary N) is 2. The molecule has 2 aliphatic rings. The third kappa shape index (κ3) is 5.56. The molecular weight excluding hydrogens is 382 g/mol. The van der Waals surface area contributed by atoms with Crippen molar-refractivity contribution in [3.63, 3.8) is 0 Å². The molecular formula is C22H35N5O3. The van der Waals surface area contributed by atoms with Gasteiger partial charge in [0.2, 0.25) is 0 Å². The number of amides is 1. The van der Waals surface area contributed by atoms with E-state index in [1.54, 1.807) is 11.9 Å². The van der Waals surface area contributed by atoms with Gasteiger partial charge in [-0.05, 0) is 57.1 Å². The summed E-state index contributed by atoms with van der Waals surface area (Å²) in [6, 6.07) is 3.73. The van der Waals surface area contributed by atoms with Gasteiger partial charge in [-0.25, -0.2) is 15.6 Å². The molecule has 1 saturated heterocycles. The Hall–Kier alpha value is -2.48. The molecule has 30 heavy (non-hydrogen) atoms. The predicted octanol–water partition coefficient (Wildman–Crippen LogP) is 3.01. The van der Waals surface area contributed by atoms with Crippen LogP contribution in [-0.2, 0) is 4.74 Å². The summed E-state index contributed by atoms with van der Waals surface area (Å²) in [6.07, 6.45) is 6.81. The van der Waals surface area contributed by atoms with Crippen LogP contribution in [0.25, 0.3) is 5.70 Å². The van der Waals surface area contributed by atoms with Crippen molar-refractivity contribution >= 4 is 11.8 Å². The smallest absolute Gasteiger partial charge is 0.410 e. The summed E-state index contributed by atoms with van der Waals surface area (Å²) in [5.74, 6) is 7.25. The average molecular weight is 418 g/mol. The number of aryl methyl sites for hydroxylation is 1. The SMILES string of the molecule is Cc1nc(/C(N)=C(\COC(=O)N2CCC(C)C2)N(C)N)ccc1OC1CCCCC1. The molecule has 1 unspecified atom stereocenters. The number of carbonyl (C=O) groups excluding carboxylic acids is 1. The fraction of sp³-hybridized carbons (Fsp3) is 0.636. The van der Waals surface area contributed by atoms with Crippen LogP contribution in [0, 0.1) is 12.8 Å². The number of nitrogens with zero attached hydrogens (tertiary/aromatic N) is 3. The lowest BCUT2D eigenvalue weighted by atomic mass is 9.98. The van der Waals surface area contributed by atoms with Crippen molar-refractivity contribution in [2.45, 2.75) is 58.5 Å². The first kappa shape index (κ1) is 22.2. The second-order valence-electron chi connectivity index (χ2n) is 8.52. The number of pyridine rings is 1. The molecule has 8 heteroatoms. The number of hydrazine groups is 1. The lowest BCUT2D eigenvalue weighted by Gasteiger charge is -2.24. The molecule has 4 N–H and O–H groups in total. The van der Waals surface area contributed by atoms with Crippen molar-refractivity contribution in [2.75, 3.05) is 26.7 Å². The van der Waals surface area contributed by atoms with E-state index in [1.165, 1.54) is 24.3 Å². The number of likely N-dealkylation sites (tertiary alicyclic amines) is 1. The van der Waals surface area contributed by atoms with Crippen molar-refractivity contribution < 1.29 is 14.3 Å². The largest absolute Gasteiger partial charge is 0.489 e. The highest BCUT2D eigenvalue weighted by molar-refractivity contribution is 5.69. The Morgan fingerprint density at radius 2 is 2.00 bits per heavy atom. The molecule has 1 saturated carbocycles. The monoisotopic (exact) mass is 417 g/mol. The van der Waals surface area contributed by atoms with Gasteiger partial charge in [0.25, 0.3) is 0 Å². The van der Waals surface area contributed by atoms with Crippen LogP contribution in [0.15, 0.2) is 17.8 Å². The van der Waals surface area contributed by atoms with E-state index in [2.05, 4.69) is 11.9 Å². The van der Waals surface area contributed by atoms with Crippen molar-refractivity contribution in [1.29, 1.82) is 0 Å². The van der Waals surface area contributed by atoms with Crippen molar-refractivity contribution in [3.05, 3.63) is 29.2 Å². The summed E-state index contributed by atoms with van der Waals surface area (Å²) >= 11 is 0. The third-order valence-electron chi connectivity index (χ3n) is 5.91. The molecule has 3 rings (SSSR count). The fourth-order valence-electron chi connectivity index (χ4n) is 4.02. The summed E-state index contributed by atoms with van der Waals surface area (Å²) in [5.41, 5.74) is 8.61. The molecule has 0 bridgehead atoms. The van der Waals surface area contributed by atoms with Crippen LogP contribution in [0.3, 0.4) is 0 Å². The topological polar surface area (TPSA) is 107 Å². The summed E-state index contributed by atoms with van der Waals surface area (Å²) in [6.45, 7) is 5.46. The molecule has 1 aromatic heterocycles. The summed E-state index contributed by atoms with van der Waals surface area (Å²) < 4.78 is 11.6. The van der Waals surface area contributed by atoms with Crippen molar-refractivity contribution in [2.24, 2.45) is 17.5 Å². The van der Waals surface area contributed by atoms with Gasteiger partial charge in [0.15, 0.2) is 0 Å². The van der Waals surface area contributed by atoms with Gasteiger partial charge in [0, 0.05) is 20.1 Å². The average Bonchev–Trinajstić information content (AvgIpc) is 3.16. The molecule has 1 aliphatic heterocycles. The van der Waals surface area contributed by atoms with Gasteiger partial charge >= 0.3 is 6.09 Å². The minimum absolute atomic E-state index is 0.0103. The van der Waals surface area contributed by atoms with E-state index in [0.29, 0.717) is 23.0 Å². The Morgan fingerprint density at radius 3 is 2.60 bits per heavy atom. The van der Waals surface area contributed by atoms with Crippen LogP contribution in [-0.4, -0.2) is 53.8 Å². The van der Waals surface area contributed by atoms with Gasteiger partial charge in [0.1, 0.15) is 12.4 Å². The van der Waals surface area contributed by atoms with E-state index in [1.807, 2.05) is 19.1 Å². The van der Waals surface area contributed by atoms with Gasteiger partial charge in [-0.3, -0.25) is 0 Å². The van der Waals surface area contributed by atoms with Gasteiger partial charge in [-0.1, -0.05) is 13.3 Å². The lowest BCUT2D eigenvalue weighted by molar-refractivity contribution is 0.112. The van der Waals surface area contributed by atoms with Crippen molar-refractivity contribution in [1.82, 2.24) is 14.9 Å². The van der Waals surface area contributed by atoms with Crippen LogP contribution >= 0.6 is 0 Å². The Morgan fingerprint density at radius 1 is 1.27 bits per heavy atom. The maximum Gasteiger partial charge on any atom is 0.410 e. The zero-order chi connectivity index (χ0) is 21.7. The maximum atomic E-state index is 12.3. The molecule has 166 valence electrons. The first-order valence-electron chi connectivity index (χ1n) is 10.9. The van der Waals surface area contributed by atoms with E-state index in [0.717, 1.165) is 43.8 Å².